The number of hydrogen-bond donors (Lipinski definition) is 1. The third-order valence-corrected chi connectivity index (χ3v) is 6.31. The van der Waals surface area contributed by atoms with E-state index in [4.69, 9.17) is 9.15 Å². The number of nitrogens with zero attached hydrogens (tertiary/aromatic N) is 1. The van der Waals surface area contributed by atoms with E-state index in [1.54, 1.807) is 25.5 Å². The van der Waals surface area contributed by atoms with Crippen molar-refractivity contribution in [2.45, 2.75) is 11.3 Å². The van der Waals surface area contributed by atoms with Gasteiger partial charge in [0.15, 0.2) is 0 Å². The van der Waals surface area contributed by atoms with E-state index in [0.717, 1.165) is 22.4 Å². The normalized spacial score (nSPS) is 11.4. The summed E-state index contributed by atoms with van der Waals surface area (Å²) in [4.78, 5) is 4.66. The van der Waals surface area contributed by atoms with Crippen LogP contribution in [0, 0.1) is 0 Å². The first kappa shape index (κ1) is 20.8. The van der Waals surface area contributed by atoms with E-state index in [1.807, 2.05) is 66.7 Å². The smallest absolute Gasteiger partial charge is 0.240 e. The van der Waals surface area contributed by atoms with E-state index in [-0.39, 0.29) is 11.4 Å². The van der Waals surface area contributed by atoms with Crippen molar-refractivity contribution in [1.29, 1.82) is 0 Å². The Kier molecular flexibility index (Phi) is 6.16. The van der Waals surface area contributed by atoms with Gasteiger partial charge in [0.1, 0.15) is 12.0 Å². The zero-order chi connectivity index (χ0) is 21.7. The molecule has 0 aliphatic carbocycles. The zero-order valence-electron chi connectivity index (χ0n) is 17.0. The molecule has 0 unspecified atom stereocenters. The summed E-state index contributed by atoms with van der Waals surface area (Å²) in [7, 11) is -2.00. The van der Waals surface area contributed by atoms with Gasteiger partial charge in [-0.2, -0.15) is 0 Å². The van der Waals surface area contributed by atoms with Crippen molar-refractivity contribution >= 4 is 10.0 Å². The first-order chi connectivity index (χ1) is 15.0. The highest BCUT2D eigenvalue weighted by Gasteiger charge is 2.14. The number of sulfonamides is 1. The lowest BCUT2D eigenvalue weighted by molar-refractivity contribution is 0.415. The summed E-state index contributed by atoms with van der Waals surface area (Å²) in [5.41, 5.74) is 3.50. The minimum absolute atomic E-state index is 0.220. The number of ether oxygens (including phenoxy) is 1. The average Bonchev–Trinajstić information content (AvgIpc) is 3.28. The van der Waals surface area contributed by atoms with Crippen molar-refractivity contribution in [1.82, 2.24) is 9.71 Å². The molecule has 0 aliphatic heterocycles. The van der Waals surface area contributed by atoms with Gasteiger partial charge in [0.2, 0.25) is 15.9 Å². The van der Waals surface area contributed by atoms with Gasteiger partial charge in [0, 0.05) is 18.5 Å². The Balaban J connectivity index is 1.36. The van der Waals surface area contributed by atoms with Crippen molar-refractivity contribution < 1.29 is 17.6 Å². The molecule has 0 bridgehead atoms. The molecule has 31 heavy (non-hydrogen) atoms. The molecule has 0 fully saturated rings. The molecule has 0 aliphatic rings. The number of aromatic nitrogens is 1. The molecule has 3 aromatic carbocycles. The topological polar surface area (TPSA) is 81.4 Å². The molecule has 0 atom stereocenters. The van der Waals surface area contributed by atoms with Crippen LogP contribution >= 0.6 is 0 Å². The Labute approximate surface area is 181 Å². The van der Waals surface area contributed by atoms with Crippen LogP contribution in [0.3, 0.4) is 0 Å². The van der Waals surface area contributed by atoms with Gasteiger partial charge in [-0.15, -0.1) is 0 Å². The van der Waals surface area contributed by atoms with Crippen molar-refractivity contribution in [3.63, 3.8) is 0 Å². The van der Waals surface area contributed by atoms with E-state index in [1.165, 1.54) is 0 Å². The van der Waals surface area contributed by atoms with Gasteiger partial charge >= 0.3 is 0 Å². The van der Waals surface area contributed by atoms with Crippen LogP contribution in [-0.2, 0) is 16.4 Å². The third-order valence-electron chi connectivity index (χ3n) is 4.83. The predicted octanol–water partition coefficient (Wildman–Crippen LogP) is 4.54. The van der Waals surface area contributed by atoms with Gasteiger partial charge in [-0.3, -0.25) is 0 Å². The van der Waals surface area contributed by atoms with Crippen LogP contribution in [0.5, 0.6) is 5.75 Å². The fourth-order valence-corrected chi connectivity index (χ4v) is 4.17. The molecular formula is C24H22N2O4S. The number of methoxy groups -OCH3 is 1. The molecule has 6 nitrogen and oxygen atoms in total. The van der Waals surface area contributed by atoms with Crippen LogP contribution in [0.2, 0.25) is 0 Å². The first-order valence-electron chi connectivity index (χ1n) is 9.79. The molecule has 4 aromatic rings. The van der Waals surface area contributed by atoms with Crippen LogP contribution in [-0.4, -0.2) is 27.1 Å². The van der Waals surface area contributed by atoms with E-state index >= 15 is 0 Å². The maximum absolute atomic E-state index is 12.6. The van der Waals surface area contributed by atoms with Gasteiger partial charge in [0.05, 0.1) is 17.7 Å². The molecular weight excluding hydrogens is 412 g/mol. The summed E-state index contributed by atoms with van der Waals surface area (Å²) in [5.74, 6) is 1.23. The molecule has 7 heteroatoms. The fraction of sp³-hybridized carbons (Fsp3) is 0.125. The lowest BCUT2D eigenvalue weighted by Crippen LogP contribution is -2.26. The van der Waals surface area contributed by atoms with Crippen LogP contribution in [0.15, 0.2) is 94.4 Å². The Hall–Kier alpha value is -3.42. The molecule has 4 rings (SSSR count). The Morgan fingerprint density at radius 3 is 2.19 bits per heavy atom. The third kappa shape index (κ3) is 5.02. The fourth-order valence-electron chi connectivity index (χ4n) is 3.14. The number of hydrogen-bond acceptors (Lipinski definition) is 5. The highest BCUT2D eigenvalue weighted by molar-refractivity contribution is 7.89. The van der Waals surface area contributed by atoms with Crippen molar-refractivity contribution in [2.24, 2.45) is 0 Å². The second-order valence-corrected chi connectivity index (χ2v) is 8.68. The summed E-state index contributed by atoms with van der Waals surface area (Å²) in [6, 6.07) is 24.0. The largest absolute Gasteiger partial charge is 0.497 e. The molecule has 1 aromatic heterocycles. The van der Waals surface area contributed by atoms with E-state index in [0.29, 0.717) is 18.0 Å². The van der Waals surface area contributed by atoms with Gasteiger partial charge in [0.25, 0.3) is 0 Å². The maximum Gasteiger partial charge on any atom is 0.240 e. The second-order valence-electron chi connectivity index (χ2n) is 6.91. The minimum Gasteiger partial charge on any atom is -0.497 e. The van der Waals surface area contributed by atoms with E-state index < -0.39 is 10.0 Å². The lowest BCUT2D eigenvalue weighted by Gasteiger charge is -2.07. The standard InChI is InChI=1S/C24H22N2O4S/c1-29-22-11-7-20(8-12-22)24-26-21(17-30-24)15-16-25-31(27,28)23-13-9-19(10-14-23)18-5-3-2-4-6-18/h2-14,17,25H,15-16H2,1H3. The SMILES string of the molecule is COc1ccc(-c2nc(CCNS(=O)(=O)c3ccc(-c4ccccc4)cc3)co2)cc1. The highest BCUT2D eigenvalue weighted by Crippen LogP contribution is 2.23. The number of oxazole rings is 1. The average molecular weight is 435 g/mol. The van der Waals surface area contributed by atoms with Gasteiger partial charge in [-0.25, -0.2) is 18.1 Å². The molecule has 158 valence electrons. The highest BCUT2D eigenvalue weighted by atomic mass is 32.2. The molecule has 0 radical (unpaired) electrons. The monoisotopic (exact) mass is 434 g/mol. The number of benzene rings is 3. The Morgan fingerprint density at radius 1 is 0.871 bits per heavy atom. The molecule has 0 spiro atoms. The predicted molar refractivity (Wildman–Crippen MR) is 119 cm³/mol. The van der Waals surface area contributed by atoms with Crippen LogP contribution in [0.1, 0.15) is 5.69 Å². The van der Waals surface area contributed by atoms with Crippen molar-refractivity contribution in [3.8, 4) is 28.3 Å². The van der Waals surface area contributed by atoms with Gasteiger partial charge < -0.3 is 9.15 Å². The summed E-state index contributed by atoms with van der Waals surface area (Å²) in [6.07, 6.45) is 1.96. The number of rotatable bonds is 8. The van der Waals surface area contributed by atoms with Crippen molar-refractivity contribution in [2.75, 3.05) is 13.7 Å². The van der Waals surface area contributed by atoms with Crippen molar-refractivity contribution in [3.05, 3.63) is 90.8 Å². The Morgan fingerprint density at radius 2 is 1.52 bits per heavy atom. The molecule has 1 N–H and O–H groups in total. The maximum atomic E-state index is 12.6. The first-order valence-corrected chi connectivity index (χ1v) is 11.3. The molecule has 1 heterocycles. The van der Waals surface area contributed by atoms with Gasteiger partial charge in [-0.05, 0) is 47.5 Å². The summed E-state index contributed by atoms with van der Waals surface area (Å²) < 4.78 is 38.5. The van der Waals surface area contributed by atoms with Gasteiger partial charge in [-0.1, -0.05) is 42.5 Å². The van der Waals surface area contributed by atoms with Crippen LogP contribution in [0.25, 0.3) is 22.6 Å². The minimum atomic E-state index is -3.60. The zero-order valence-corrected chi connectivity index (χ0v) is 17.8. The quantitative estimate of drug-likeness (QED) is 0.440. The lowest BCUT2D eigenvalue weighted by atomic mass is 10.1. The summed E-state index contributed by atoms with van der Waals surface area (Å²) >= 11 is 0. The van der Waals surface area contributed by atoms with E-state index in [9.17, 15) is 8.42 Å². The summed E-state index contributed by atoms with van der Waals surface area (Å²) in [6.45, 7) is 0.220. The summed E-state index contributed by atoms with van der Waals surface area (Å²) in [5, 5.41) is 0. The molecule has 0 saturated heterocycles. The molecule has 0 amide bonds. The second kappa shape index (κ2) is 9.16. The number of nitrogens with one attached hydrogen (secondary N) is 1. The van der Waals surface area contributed by atoms with E-state index in [2.05, 4.69) is 9.71 Å². The molecule has 0 saturated carbocycles. The Bertz CT molecular complexity index is 1230. The van der Waals surface area contributed by atoms with Crippen LogP contribution < -0.4 is 9.46 Å². The van der Waals surface area contributed by atoms with Crippen LogP contribution in [0.4, 0.5) is 0 Å².